The van der Waals surface area contributed by atoms with Gasteiger partial charge >= 0.3 is 0 Å². The minimum Gasteiger partial charge on any atom is -0.244 e. The van der Waals surface area contributed by atoms with Crippen LogP contribution in [-0.2, 0) is 0 Å². The molecule has 1 aromatic carbocycles. The third-order valence-electron chi connectivity index (χ3n) is 1.93. The molecule has 14 heavy (non-hydrogen) atoms. The zero-order valence-electron chi connectivity index (χ0n) is 7.52. The summed E-state index contributed by atoms with van der Waals surface area (Å²) in [5.41, 5.74) is 2.08. The van der Waals surface area contributed by atoms with Crippen molar-refractivity contribution in [3.63, 3.8) is 0 Å². The van der Waals surface area contributed by atoms with Crippen molar-refractivity contribution in [1.82, 2.24) is 9.97 Å². The maximum absolute atomic E-state index is 5.56. The molecular weight excluding hydrogens is 196 g/mol. The van der Waals surface area contributed by atoms with Gasteiger partial charge in [0.2, 0.25) is 0 Å². The summed E-state index contributed by atoms with van der Waals surface area (Å²) in [4.78, 5) is 8.11. The predicted octanol–water partition coefficient (Wildman–Crippen LogP) is 2.88. The van der Waals surface area contributed by atoms with Gasteiger partial charge in [-0.3, -0.25) is 0 Å². The van der Waals surface area contributed by atoms with Crippen LogP contribution in [0.2, 0.25) is 0 Å². The van der Waals surface area contributed by atoms with Gasteiger partial charge in [0.1, 0.15) is 6.33 Å². The molecular formula is C11H9ClN2. The van der Waals surface area contributed by atoms with E-state index in [1.165, 1.54) is 0 Å². The summed E-state index contributed by atoms with van der Waals surface area (Å²) >= 11 is 5.56. The number of nitrogens with zero attached hydrogens (tertiary/aromatic N) is 2. The number of hydrogen-bond donors (Lipinski definition) is 0. The van der Waals surface area contributed by atoms with Crippen LogP contribution in [0.15, 0.2) is 36.8 Å². The van der Waals surface area contributed by atoms with E-state index in [0.29, 0.717) is 5.88 Å². The SMILES string of the molecule is ClCC=Cc1ccc2ncncc2c1. The van der Waals surface area contributed by atoms with E-state index in [-0.39, 0.29) is 0 Å². The number of allylic oxidation sites excluding steroid dienone is 1. The molecule has 2 nitrogen and oxygen atoms in total. The van der Waals surface area contributed by atoms with Crippen LogP contribution in [0.3, 0.4) is 0 Å². The molecule has 0 aliphatic rings. The lowest BCUT2D eigenvalue weighted by Crippen LogP contribution is -1.81. The van der Waals surface area contributed by atoms with E-state index in [1.54, 1.807) is 12.5 Å². The number of halogens is 1. The average Bonchev–Trinajstić information content (AvgIpc) is 2.26. The first-order chi connectivity index (χ1) is 6.90. The van der Waals surface area contributed by atoms with Crippen LogP contribution in [0.5, 0.6) is 0 Å². The average molecular weight is 205 g/mol. The van der Waals surface area contributed by atoms with Gasteiger partial charge in [-0.1, -0.05) is 18.2 Å². The molecule has 0 N–H and O–H groups in total. The van der Waals surface area contributed by atoms with Crippen LogP contribution < -0.4 is 0 Å². The molecule has 0 radical (unpaired) electrons. The van der Waals surface area contributed by atoms with Crippen molar-refractivity contribution in [1.29, 1.82) is 0 Å². The third-order valence-corrected chi connectivity index (χ3v) is 2.11. The summed E-state index contributed by atoms with van der Waals surface area (Å²) in [6.45, 7) is 0. The van der Waals surface area contributed by atoms with Gasteiger partial charge in [-0.25, -0.2) is 9.97 Å². The van der Waals surface area contributed by atoms with Gasteiger partial charge in [0, 0.05) is 17.5 Å². The number of aromatic nitrogens is 2. The number of alkyl halides is 1. The van der Waals surface area contributed by atoms with E-state index in [4.69, 9.17) is 11.6 Å². The zero-order chi connectivity index (χ0) is 9.80. The summed E-state index contributed by atoms with van der Waals surface area (Å²) in [5.74, 6) is 0.531. The second-order valence-corrected chi connectivity index (χ2v) is 3.21. The van der Waals surface area contributed by atoms with Crippen molar-refractivity contribution in [3.8, 4) is 0 Å². The summed E-state index contributed by atoms with van der Waals surface area (Å²) in [5, 5.41) is 1.05. The van der Waals surface area contributed by atoms with Crippen molar-refractivity contribution in [2.75, 3.05) is 5.88 Å². The smallest absolute Gasteiger partial charge is 0.116 e. The Morgan fingerprint density at radius 3 is 3.14 bits per heavy atom. The standard InChI is InChI=1S/C11H9ClN2/c12-5-1-2-9-3-4-11-10(6-9)7-13-8-14-11/h1-4,6-8H,5H2. The molecule has 0 aliphatic heterocycles. The van der Waals surface area contributed by atoms with Crippen LogP contribution in [0.4, 0.5) is 0 Å². The normalized spacial score (nSPS) is 11.2. The van der Waals surface area contributed by atoms with E-state index in [9.17, 15) is 0 Å². The maximum Gasteiger partial charge on any atom is 0.116 e. The molecule has 0 amide bonds. The summed E-state index contributed by atoms with van der Waals surface area (Å²) in [7, 11) is 0. The predicted molar refractivity (Wildman–Crippen MR) is 59.3 cm³/mol. The Balaban J connectivity index is 2.46. The van der Waals surface area contributed by atoms with Gasteiger partial charge < -0.3 is 0 Å². The first kappa shape index (κ1) is 9.16. The first-order valence-electron chi connectivity index (χ1n) is 4.32. The number of benzene rings is 1. The summed E-state index contributed by atoms with van der Waals surface area (Å²) < 4.78 is 0. The van der Waals surface area contributed by atoms with Crippen LogP contribution in [-0.4, -0.2) is 15.8 Å². The number of hydrogen-bond acceptors (Lipinski definition) is 2. The highest BCUT2D eigenvalue weighted by Gasteiger charge is 1.93. The number of rotatable bonds is 2. The molecule has 2 aromatic rings. The Kier molecular flexibility index (Phi) is 2.75. The highest BCUT2D eigenvalue weighted by Crippen LogP contribution is 2.13. The topological polar surface area (TPSA) is 25.8 Å². The molecule has 0 fully saturated rings. The van der Waals surface area contributed by atoms with Crippen molar-refractivity contribution >= 4 is 28.6 Å². The second kappa shape index (κ2) is 4.20. The Morgan fingerprint density at radius 1 is 1.36 bits per heavy atom. The molecule has 0 saturated carbocycles. The second-order valence-electron chi connectivity index (χ2n) is 2.90. The lowest BCUT2D eigenvalue weighted by atomic mass is 10.1. The van der Waals surface area contributed by atoms with E-state index >= 15 is 0 Å². The lowest BCUT2D eigenvalue weighted by molar-refractivity contribution is 1.22. The molecule has 70 valence electrons. The molecule has 0 spiro atoms. The molecule has 0 unspecified atom stereocenters. The largest absolute Gasteiger partial charge is 0.244 e. The molecule has 1 heterocycles. The molecule has 0 bridgehead atoms. The third kappa shape index (κ3) is 1.91. The Hall–Kier alpha value is -1.41. The van der Waals surface area contributed by atoms with Gasteiger partial charge in [-0.05, 0) is 17.7 Å². The fourth-order valence-electron chi connectivity index (χ4n) is 1.29. The highest BCUT2D eigenvalue weighted by molar-refractivity contribution is 6.19. The van der Waals surface area contributed by atoms with Gasteiger partial charge in [0.15, 0.2) is 0 Å². The van der Waals surface area contributed by atoms with Crippen molar-refractivity contribution < 1.29 is 0 Å². The molecule has 0 saturated heterocycles. The fourth-order valence-corrected chi connectivity index (χ4v) is 1.38. The van der Waals surface area contributed by atoms with Crippen LogP contribution in [0.1, 0.15) is 5.56 Å². The van der Waals surface area contributed by atoms with E-state index in [0.717, 1.165) is 16.5 Å². The van der Waals surface area contributed by atoms with E-state index in [1.807, 2.05) is 30.4 Å². The molecule has 0 atom stereocenters. The monoisotopic (exact) mass is 204 g/mol. The van der Waals surface area contributed by atoms with Crippen LogP contribution >= 0.6 is 11.6 Å². The van der Waals surface area contributed by atoms with Gasteiger partial charge in [0.05, 0.1) is 5.52 Å². The van der Waals surface area contributed by atoms with Crippen molar-refractivity contribution in [2.24, 2.45) is 0 Å². The quantitative estimate of drug-likeness (QED) is 0.703. The van der Waals surface area contributed by atoms with E-state index in [2.05, 4.69) is 9.97 Å². The summed E-state index contributed by atoms with van der Waals surface area (Å²) in [6, 6.07) is 6.03. The molecule has 1 aromatic heterocycles. The van der Waals surface area contributed by atoms with Crippen LogP contribution in [0.25, 0.3) is 17.0 Å². The van der Waals surface area contributed by atoms with Gasteiger partial charge in [-0.2, -0.15) is 0 Å². The van der Waals surface area contributed by atoms with Crippen molar-refractivity contribution in [2.45, 2.75) is 0 Å². The minimum absolute atomic E-state index is 0.531. The van der Waals surface area contributed by atoms with Gasteiger partial charge in [-0.15, -0.1) is 11.6 Å². The first-order valence-corrected chi connectivity index (χ1v) is 4.86. The van der Waals surface area contributed by atoms with E-state index < -0.39 is 0 Å². The summed E-state index contributed by atoms with van der Waals surface area (Å²) in [6.07, 6.45) is 7.25. The van der Waals surface area contributed by atoms with Gasteiger partial charge in [0.25, 0.3) is 0 Å². The molecule has 0 aliphatic carbocycles. The zero-order valence-corrected chi connectivity index (χ0v) is 8.28. The lowest BCUT2D eigenvalue weighted by Gasteiger charge is -1.97. The fraction of sp³-hybridized carbons (Fsp3) is 0.0909. The molecule has 3 heteroatoms. The number of fused-ring (bicyclic) bond motifs is 1. The highest BCUT2D eigenvalue weighted by atomic mass is 35.5. The minimum atomic E-state index is 0.531. The Morgan fingerprint density at radius 2 is 2.29 bits per heavy atom. The Labute approximate surface area is 87.3 Å². The van der Waals surface area contributed by atoms with Crippen molar-refractivity contribution in [3.05, 3.63) is 42.4 Å². The maximum atomic E-state index is 5.56. The molecule has 2 rings (SSSR count). The van der Waals surface area contributed by atoms with Crippen LogP contribution in [0, 0.1) is 0 Å². The Bertz CT molecular complexity index is 466.